The molecule has 0 N–H and O–H groups in total. The number of hydrogen-bond acceptors (Lipinski definition) is 3. The summed E-state index contributed by atoms with van der Waals surface area (Å²) in [4.78, 5) is 11.9. The Balaban J connectivity index is 2.50. The van der Waals surface area contributed by atoms with Crippen molar-refractivity contribution in [2.45, 2.75) is 20.8 Å². The van der Waals surface area contributed by atoms with E-state index in [0.717, 1.165) is 0 Å². The molecule has 18 heavy (non-hydrogen) atoms. The monoisotopic (exact) mass is 247 g/mol. The number of aromatic nitrogens is 3. The zero-order valence-corrected chi connectivity index (χ0v) is 10.5. The third kappa shape index (κ3) is 2.03. The van der Waals surface area contributed by atoms with Crippen LogP contribution in [-0.2, 0) is 0 Å². The Bertz CT molecular complexity index is 590. The third-order valence-electron chi connectivity index (χ3n) is 2.73. The lowest BCUT2D eigenvalue weighted by Gasteiger charge is -2.05. The van der Waals surface area contributed by atoms with Crippen LogP contribution in [-0.4, -0.2) is 20.8 Å². The summed E-state index contributed by atoms with van der Waals surface area (Å²) in [5, 5.41) is 7.71. The molecule has 1 heterocycles. The lowest BCUT2D eigenvalue weighted by Crippen LogP contribution is -2.10. The molecule has 0 amide bonds. The van der Waals surface area contributed by atoms with E-state index in [4.69, 9.17) is 0 Å². The minimum absolute atomic E-state index is 0.0879. The molecule has 2 aromatic rings. The maximum Gasteiger partial charge on any atom is 0.187 e. The van der Waals surface area contributed by atoms with Gasteiger partial charge in [-0.2, -0.15) is 0 Å². The summed E-state index contributed by atoms with van der Waals surface area (Å²) >= 11 is 0. The molecule has 0 unspecified atom stereocenters. The quantitative estimate of drug-likeness (QED) is 0.783. The molecule has 4 nitrogen and oxygen atoms in total. The molecule has 0 saturated carbocycles. The van der Waals surface area contributed by atoms with E-state index in [-0.39, 0.29) is 11.7 Å². The summed E-state index contributed by atoms with van der Waals surface area (Å²) in [6, 6.07) is 6.26. The number of carbonyl (C=O) groups excluding carboxylic acids is 1. The zero-order valence-electron chi connectivity index (χ0n) is 10.5. The second kappa shape index (κ2) is 4.68. The average Bonchev–Trinajstić information content (AvgIpc) is 2.71. The first-order valence-electron chi connectivity index (χ1n) is 5.73. The summed E-state index contributed by atoms with van der Waals surface area (Å²) in [7, 11) is 0. The molecule has 2 rings (SSSR count). The van der Waals surface area contributed by atoms with Crippen molar-refractivity contribution in [1.29, 1.82) is 0 Å². The molecular formula is C13H14FN3O. The van der Waals surface area contributed by atoms with Crippen LogP contribution >= 0.6 is 0 Å². The van der Waals surface area contributed by atoms with Crippen molar-refractivity contribution in [3.8, 4) is 5.69 Å². The van der Waals surface area contributed by atoms with Gasteiger partial charge in [-0.05, 0) is 19.1 Å². The minimum Gasteiger partial charge on any atom is -0.292 e. The summed E-state index contributed by atoms with van der Waals surface area (Å²) in [6.07, 6.45) is 0. The van der Waals surface area contributed by atoms with Crippen LogP contribution in [0.2, 0.25) is 0 Å². The van der Waals surface area contributed by atoms with Crippen LogP contribution in [0.5, 0.6) is 0 Å². The van der Waals surface area contributed by atoms with Gasteiger partial charge in [-0.25, -0.2) is 9.07 Å². The molecule has 5 heteroatoms. The lowest BCUT2D eigenvalue weighted by atomic mass is 10.1. The molecule has 0 aliphatic heterocycles. The van der Waals surface area contributed by atoms with E-state index >= 15 is 0 Å². The van der Waals surface area contributed by atoms with Crippen LogP contribution in [0.3, 0.4) is 0 Å². The second-order valence-corrected chi connectivity index (χ2v) is 4.41. The van der Waals surface area contributed by atoms with Crippen molar-refractivity contribution >= 4 is 5.78 Å². The van der Waals surface area contributed by atoms with Gasteiger partial charge in [0.2, 0.25) is 0 Å². The largest absolute Gasteiger partial charge is 0.292 e. The molecule has 94 valence electrons. The SMILES string of the molecule is Cc1c(C(=O)C(C)C)nnn1-c1ccccc1F. The van der Waals surface area contributed by atoms with Gasteiger partial charge in [-0.15, -0.1) is 5.10 Å². The van der Waals surface area contributed by atoms with Crippen molar-refractivity contribution in [2.75, 3.05) is 0 Å². The Kier molecular flexibility index (Phi) is 3.23. The van der Waals surface area contributed by atoms with Gasteiger partial charge in [-0.1, -0.05) is 31.2 Å². The normalized spacial score (nSPS) is 10.9. The van der Waals surface area contributed by atoms with Crippen LogP contribution in [0.4, 0.5) is 4.39 Å². The summed E-state index contributed by atoms with van der Waals surface area (Å²) < 4.78 is 15.0. The van der Waals surface area contributed by atoms with E-state index < -0.39 is 5.82 Å². The first-order chi connectivity index (χ1) is 8.52. The first kappa shape index (κ1) is 12.4. The van der Waals surface area contributed by atoms with Crippen LogP contribution in [0, 0.1) is 18.7 Å². The van der Waals surface area contributed by atoms with E-state index in [1.165, 1.54) is 10.7 Å². The highest BCUT2D eigenvalue weighted by atomic mass is 19.1. The minimum atomic E-state index is -0.394. The predicted octanol–water partition coefficient (Wildman–Crippen LogP) is 2.55. The van der Waals surface area contributed by atoms with Crippen molar-refractivity contribution < 1.29 is 9.18 Å². The van der Waals surface area contributed by atoms with E-state index in [0.29, 0.717) is 17.1 Å². The van der Waals surface area contributed by atoms with Crippen molar-refractivity contribution in [1.82, 2.24) is 15.0 Å². The van der Waals surface area contributed by atoms with Crippen molar-refractivity contribution in [2.24, 2.45) is 5.92 Å². The fraction of sp³-hybridized carbons (Fsp3) is 0.308. The molecule has 0 radical (unpaired) electrons. The van der Waals surface area contributed by atoms with E-state index in [1.54, 1.807) is 39.0 Å². The van der Waals surface area contributed by atoms with Crippen LogP contribution in [0.1, 0.15) is 30.0 Å². The predicted molar refractivity (Wildman–Crippen MR) is 65.2 cm³/mol. The first-order valence-corrected chi connectivity index (χ1v) is 5.73. The highest BCUT2D eigenvalue weighted by molar-refractivity contribution is 5.96. The highest BCUT2D eigenvalue weighted by Gasteiger charge is 2.20. The number of Topliss-reactive ketones (excluding diaryl/α,β-unsaturated/α-hetero) is 1. The number of para-hydroxylation sites is 1. The lowest BCUT2D eigenvalue weighted by molar-refractivity contribution is 0.0933. The number of benzene rings is 1. The van der Waals surface area contributed by atoms with Crippen molar-refractivity contribution in [3.05, 3.63) is 41.5 Å². The molecule has 1 aromatic heterocycles. The second-order valence-electron chi connectivity index (χ2n) is 4.41. The Morgan fingerprint density at radius 1 is 1.33 bits per heavy atom. The van der Waals surface area contributed by atoms with Crippen molar-refractivity contribution in [3.63, 3.8) is 0 Å². The van der Waals surface area contributed by atoms with Gasteiger partial charge in [0, 0.05) is 5.92 Å². The average molecular weight is 247 g/mol. The smallest absolute Gasteiger partial charge is 0.187 e. The van der Waals surface area contributed by atoms with Gasteiger partial charge in [0.15, 0.2) is 11.5 Å². The Morgan fingerprint density at radius 2 is 2.00 bits per heavy atom. The molecule has 0 aliphatic carbocycles. The fourth-order valence-corrected chi connectivity index (χ4v) is 1.68. The van der Waals surface area contributed by atoms with E-state index in [1.807, 2.05) is 0 Å². The van der Waals surface area contributed by atoms with Crippen LogP contribution in [0.25, 0.3) is 5.69 Å². The fourth-order valence-electron chi connectivity index (χ4n) is 1.68. The van der Waals surface area contributed by atoms with Gasteiger partial charge in [0.25, 0.3) is 0 Å². The zero-order chi connectivity index (χ0) is 13.3. The highest BCUT2D eigenvalue weighted by Crippen LogP contribution is 2.17. The molecule has 0 atom stereocenters. The maximum absolute atomic E-state index is 13.7. The number of halogens is 1. The Morgan fingerprint density at radius 3 is 2.61 bits per heavy atom. The number of nitrogens with zero attached hydrogens (tertiary/aromatic N) is 3. The van der Waals surface area contributed by atoms with E-state index in [9.17, 15) is 9.18 Å². The van der Waals surface area contributed by atoms with E-state index in [2.05, 4.69) is 10.3 Å². The Hall–Kier alpha value is -2.04. The summed E-state index contributed by atoms with van der Waals surface area (Å²) in [6.45, 7) is 5.30. The molecule has 0 spiro atoms. The number of rotatable bonds is 3. The molecule has 1 aromatic carbocycles. The summed E-state index contributed by atoms with van der Waals surface area (Å²) in [5.41, 5.74) is 1.15. The molecule has 0 saturated heterocycles. The number of hydrogen-bond donors (Lipinski definition) is 0. The van der Waals surface area contributed by atoms with Crippen LogP contribution < -0.4 is 0 Å². The molecule has 0 bridgehead atoms. The van der Waals surface area contributed by atoms with Gasteiger partial charge in [-0.3, -0.25) is 4.79 Å². The van der Waals surface area contributed by atoms with Gasteiger partial charge >= 0.3 is 0 Å². The standard InChI is InChI=1S/C13H14FN3O/c1-8(2)13(18)12-9(3)17(16-15-12)11-7-5-4-6-10(11)14/h4-8H,1-3H3. The number of ketones is 1. The van der Waals surface area contributed by atoms with Gasteiger partial charge in [0.1, 0.15) is 11.5 Å². The Labute approximate surface area is 104 Å². The topological polar surface area (TPSA) is 47.8 Å². The van der Waals surface area contributed by atoms with Gasteiger partial charge in [0.05, 0.1) is 5.69 Å². The van der Waals surface area contributed by atoms with Crippen LogP contribution in [0.15, 0.2) is 24.3 Å². The number of carbonyl (C=O) groups is 1. The summed E-state index contributed by atoms with van der Waals surface area (Å²) in [5.74, 6) is -0.640. The molecule has 0 aliphatic rings. The third-order valence-corrected chi connectivity index (χ3v) is 2.73. The maximum atomic E-state index is 13.7. The molecular weight excluding hydrogens is 233 g/mol. The molecule has 0 fully saturated rings. The van der Waals surface area contributed by atoms with Gasteiger partial charge < -0.3 is 0 Å².